The van der Waals surface area contributed by atoms with E-state index < -0.39 is 6.04 Å². The van der Waals surface area contributed by atoms with Crippen LogP contribution < -0.4 is 15.4 Å². The molecular formula is C21H23N3O4. The van der Waals surface area contributed by atoms with Gasteiger partial charge in [0.2, 0.25) is 5.91 Å². The van der Waals surface area contributed by atoms with Crippen LogP contribution in [-0.4, -0.2) is 55.4 Å². The molecule has 2 aromatic carbocycles. The summed E-state index contributed by atoms with van der Waals surface area (Å²) in [4.78, 5) is 37.9. The number of carbonyl (C=O) groups excluding carboxylic acids is 3. The Balaban J connectivity index is 1.87. The minimum Gasteiger partial charge on any atom is -0.483 e. The molecule has 1 aliphatic rings. The van der Waals surface area contributed by atoms with E-state index in [1.807, 2.05) is 24.3 Å². The third kappa shape index (κ3) is 4.14. The Morgan fingerprint density at radius 3 is 2.79 bits per heavy atom. The van der Waals surface area contributed by atoms with Crippen molar-refractivity contribution in [2.45, 2.75) is 13.0 Å². The van der Waals surface area contributed by atoms with Crippen LogP contribution in [0.25, 0.3) is 11.1 Å². The molecule has 7 heteroatoms. The molecule has 0 aromatic heterocycles. The molecule has 146 valence electrons. The molecule has 3 amide bonds. The van der Waals surface area contributed by atoms with Gasteiger partial charge in [-0.1, -0.05) is 30.3 Å². The number of likely N-dealkylation sites (N-methyl/N-ethyl adjacent to an activating group) is 1. The molecule has 7 nitrogen and oxygen atoms in total. The van der Waals surface area contributed by atoms with Gasteiger partial charge in [0.25, 0.3) is 11.8 Å². The van der Waals surface area contributed by atoms with Gasteiger partial charge in [-0.05, 0) is 30.7 Å². The van der Waals surface area contributed by atoms with Crippen LogP contribution in [-0.2, 0) is 9.59 Å². The molecule has 1 fully saturated rings. The van der Waals surface area contributed by atoms with Crippen molar-refractivity contribution in [3.63, 3.8) is 0 Å². The van der Waals surface area contributed by atoms with Crippen molar-refractivity contribution in [1.29, 1.82) is 0 Å². The highest BCUT2D eigenvalue weighted by atomic mass is 16.5. The number of amides is 3. The summed E-state index contributed by atoms with van der Waals surface area (Å²) in [7, 11) is 1.55. The zero-order valence-corrected chi connectivity index (χ0v) is 15.9. The molecule has 1 heterocycles. The molecule has 0 bridgehead atoms. The first-order valence-electron chi connectivity index (χ1n) is 9.13. The predicted molar refractivity (Wildman–Crippen MR) is 105 cm³/mol. The van der Waals surface area contributed by atoms with Crippen LogP contribution in [0.3, 0.4) is 0 Å². The van der Waals surface area contributed by atoms with Gasteiger partial charge in [0, 0.05) is 31.3 Å². The van der Waals surface area contributed by atoms with Crippen LogP contribution in [0.1, 0.15) is 17.3 Å². The van der Waals surface area contributed by atoms with Gasteiger partial charge < -0.3 is 20.3 Å². The monoisotopic (exact) mass is 381 g/mol. The first-order chi connectivity index (χ1) is 13.5. The molecule has 3 rings (SSSR count). The van der Waals surface area contributed by atoms with Crippen molar-refractivity contribution in [1.82, 2.24) is 15.5 Å². The van der Waals surface area contributed by atoms with Crippen molar-refractivity contribution < 1.29 is 19.1 Å². The molecule has 0 spiro atoms. The van der Waals surface area contributed by atoms with Gasteiger partial charge in [-0.25, -0.2) is 0 Å². The molecule has 2 N–H and O–H groups in total. The first-order valence-corrected chi connectivity index (χ1v) is 9.13. The van der Waals surface area contributed by atoms with E-state index in [9.17, 15) is 14.4 Å². The predicted octanol–water partition coefficient (Wildman–Crippen LogP) is 1.44. The summed E-state index contributed by atoms with van der Waals surface area (Å²) in [6.45, 7) is 2.55. The number of para-hydroxylation sites is 1. The maximum Gasteiger partial charge on any atom is 0.257 e. The summed E-state index contributed by atoms with van der Waals surface area (Å²) in [5.41, 5.74) is 2.08. The first kappa shape index (κ1) is 19.4. The number of ether oxygens (including phenoxy) is 1. The summed E-state index contributed by atoms with van der Waals surface area (Å²) in [6.07, 6.45) is 0. The molecule has 0 unspecified atom stereocenters. The van der Waals surface area contributed by atoms with E-state index in [1.54, 1.807) is 43.1 Å². The second-order valence-electron chi connectivity index (χ2n) is 6.50. The van der Waals surface area contributed by atoms with E-state index in [-0.39, 0.29) is 24.3 Å². The minimum absolute atomic E-state index is 0.0907. The topological polar surface area (TPSA) is 87.7 Å². The van der Waals surface area contributed by atoms with Crippen LogP contribution in [0.2, 0.25) is 0 Å². The summed E-state index contributed by atoms with van der Waals surface area (Å²) in [6, 6.07) is 14.0. The summed E-state index contributed by atoms with van der Waals surface area (Å²) in [5.74, 6) is -0.00540. The van der Waals surface area contributed by atoms with Crippen molar-refractivity contribution in [2.75, 3.05) is 26.7 Å². The van der Waals surface area contributed by atoms with E-state index in [4.69, 9.17) is 4.74 Å². The minimum atomic E-state index is -0.506. The third-order valence-electron chi connectivity index (χ3n) is 4.70. The number of nitrogens with zero attached hydrogens (tertiary/aromatic N) is 1. The van der Waals surface area contributed by atoms with Gasteiger partial charge in [0.05, 0.1) is 0 Å². The van der Waals surface area contributed by atoms with E-state index in [2.05, 4.69) is 10.6 Å². The SMILES string of the molecule is CNC(=O)COc1ccccc1-c1cccc(C(=O)N2CCNC(=O)[C@H]2C)c1. The lowest BCUT2D eigenvalue weighted by Crippen LogP contribution is -2.55. The Morgan fingerprint density at radius 1 is 1.21 bits per heavy atom. The molecule has 1 aliphatic heterocycles. The third-order valence-corrected chi connectivity index (χ3v) is 4.70. The Bertz CT molecular complexity index is 897. The van der Waals surface area contributed by atoms with Crippen LogP contribution in [0.5, 0.6) is 5.75 Å². The molecule has 0 saturated carbocycles. The fourth-order valence-corrected chi connectivity index (χ4v) is 3.09. The number of hydrogen-bond acceptors (Lipinski definition) is 4. The Kier molecular flexibility index (Phi) is 5.93. The lowest BCUT2D eigenvalue weighted by molar-refractivity contribution is -0.127. The lowest BCUT2D eigenvalue weighted by atomic mass is 10.0. The number of rotatable bonds is 5. The number of carbonyl (C=O) groups is 3. The van der Waals surface area contributed by atoms with Gasteiger partial charge in [0.1, 0.15) is 11.8 Å². The normalized spacial score (nSPS) is 16.3. The van der Waals surface area contributed by atoms with E-state index in [0.29, 0.717) is 24.4 Å². The average Bonchev–Trinajstić information content (AvgIpc) is 2.73. The largest absolute Gasteiger partial charge is 0.483 e. The molecule has 0 aliphatic carbocycles. The number of benzene rings is 2. The highest BCUT2D eigenvalue weighted by Gasteiger charge is 2.30. The Morgan fingerprint density at radius 2 is 2.00 bits per heavy atom. The van der Waals surface area contributed by atoms with Crippen LogP contribution in [0.4, 0.5) is 0 Å². The fraction of sp³-hybridized carbons (Fsp3) is 0.286. The standard InChI is InChI=1S/C21H23N3O4/c1-14-20(26)23-10-11-24(14)21(27)16-7-5-6-15(12-16)17-8-3-4-9-18(17)28-13-19(25)22-2/h3-9,12,14H,10-11,13H2,1-2H3,(H,22,25)(H,23,26)/t14-/m1/s1. The van der Waals surface area contributed by atoms with Crippen LogP contribution in [0.15, 0.2) is 48.5 Å². The number of piperazine rings is 1. The van der Waals surface area contributed by atoms with Gasteiger partial charge in [-0.2, -0.15) is 0 Å². The maximum atomic E-state index is 12.9. The van der Waals surface area contributed by atoms with Crippen molar-refractivity contribution in [2.24, 2.45) is 0 Å². The van der Waals surface area contributed by atoms with Crippen molar-refractivity contribution >= 4 is 17.7 Å². The fourth-order valence-electron chi connectivity index (χ4n) is 3.09. The number of nitrogens with one attached hydrogen (secondary N) is 2. The zero-order valence-electron chi connectivity index (χ0n) is 15.9. The second-order valence-corrected chi connectivity index (χ2v) is 6.50. The highest BCUT2D eigenvalue weighted by Crippen LogP contribution is 2.30. The molecule has 28 heavy (non-hydrogen) atoms. The van der Waals surface area contributed by atoms with Crippen molar-refractivity contribution in [3.05, 3.63) is 54.1 Å². The maximum absolute atomic E-state index is 12.9. The summed E-state index contributed by atoms with van der Waals surface area (Å²) < 4.78 is 5.63. The van der Waals surface area contributed by atoms with Gasteiger partial charge in [-0.3, -0.25) is 14.4 Å². The average molecular weight is 381 g/mol. The van der Waals surface area contributed by atoms with Gasteiger partial charge in [0.15, 0.2) is 6.61 Å². The second kappa shape index (κ2) is 8.56. The van der Waals surface area contributed by atoms with Gasteiger partial charge in [-0.15, -0.1) is 0 Å². The molecule has 2 aromatic rings. The molecular weight excluding hydrogens is 358 g/mol. The Hall–Kier alpha value is -3.35. The summed E-state index contributed by atoms with van der Waals surface area (Å²) in [5, 5.41) is 5.27. The van der Waals surface area contributed by atoms with Crippen LogP contribution >= 0.6 is 0 Å². The zero-order chi connectivity index (χ0) is 20.1. The van der Waals surface area contributed by atoms with Gasteiger partial charge >= 0.3 is 0 Å². The quantitative estimate of drug-likeness (QED) is 0.820. The molecule has 1 atom stereocenters. The Labute approximate surface area is 163 Å². The molecule has 1 saturated heterocycles. The number of hydrogen-bond donors (Lipinski definition) is 2. The van der Waals surface area contributed by atoms with E-state index in [1.165, 1.54) is 0 Å². The lowest BCUT2D eigenvalue weighted by Gasteiger charge is -2.33. The smallest absolute Gasteiger partial charge is 0.257 e. The highest BCUT2D eigenvalue weighted by molar-refractivity contribution is 5.99. The van der Waals surface area contributed by atoms with Crippen LogP contribution in [0, 0.1) is 0 Å². The molecule has 0 radical (unpaired) electrons. The summed E-state index contributed by atoms with van der Waals surface area (Å²) >= 11 is 0. The van der Waals surface area contributed by atoms with Crippen molar-refractivity contribution in [3.8, 4) is 16.9 Å². The van der Waals surface area contributed by atoms with E-state index in [0.717, 1.165) is 11.1 Å². The van der Waals surface area contributed by atoms with E-state index >= 15 is 0 Å².